The van der Waals surface area contributed by atoms with Crippen molar-refractivity contribution < 1.29 is 28.7 Å². The van der Waals surface area contributed by atoms with Gasteiger partial charge in [-0.3, -0.25) is 19.7 Å². The molecule has 34 heavy (non-hydrogen) atoms. The number of rotatable bonds is 7. The molecule has 1 aliphatic carbocycles. The molecule has 0 bridgehead atoms. The highest BCUT2D eigenvalue weighted by molar-refractivity contribution is 9.10. The Labute approximate surface area is 205 Å². The largest absolute Gasteiger partial charge is 0.497 e. The van der Waals surface area contributed by atoms with Gasteiger partial charge in [-0.2, -0.15) is 0 Å². The number of halogens is 1. The second-order valence-electron chi connectivity index (χ2n) is 8.32. The zero-order valence-electron chi connectivity index (χ0n) is 18.8. The molecule has 1 heterocycles. The maximum absolute atomic E-state index is 14.1. The molecule has 0 aromatic heterocycles. The summed E-state index contributed by atoms with van der Waals surface area (Å²) in [6.07, 6.45) is 1.22. The first-order chi connectivity index (χ1) is 16.3. The maximum atomic E-state index is 14.1. The zero-order valence-corrected chi connectivity index (χ0v) is 20.4. The lowest BCUT2D eigenvalue weighted by Crippen LogP contribution is -2.49. The molecule has 2 aromatic rings. The van der Waals surface area contributed by atoms with E-state index in [1.165, 1.54) is 7.11 Å². The van der Waals surface area contributed by atoms with Crippen molar-refractivity contribution in [2.24, 2.45) is 5.41 Å². The summed E-state index contributed by atoms with van der Waals surface area (Å²) in [6, 6.07) is 13.9. The van der Waals surface area contributed by atoms with Crippen LogP contribution in [0.1, 0.15) is 35.8 Å². The van der Waals surface area contributed by atoms with Gasteiger partial charge in [-0.25, -0.2) is 0 Å². The van der Waals surface area contributed by atoms with Gasteiger partial charge < -0.3 is 14.2 Å². The topological polar surface area (TPSA) is 105 Å². The Balaban J connectivity index is 2.01. The van der Waals surface area contributed by atoms with Crippen LogP contribution < -0.4 is 4.74 Å². The van der Waals surface area contributed by atoms with Crippen molar-refractivity contribution in [3.8, 4) is 5.75 Å². The summed E-state index contributed by atoms with van der Waals surface area (Å²) in [5.41, 5.74) is -0.0472. The molecule has 8 nitrogen and oxygen atoms in total. The number of ketones is 1. The standard InChI is InChI=1S/C25H24BrNO7/c1-32-18-11-7-16(8-12-18)21-19-4-3-13-34-22(19)23(28)25(21,24(29)33-2)20(14-27(30)31)15-5-9-17(26)10-6-15/h5-12,20-21H,3-4,13-14H2,1-2H3/t20-,21+,25-/m0/s1. The van der Waals surface area contributed by atoms with Crippen molar-refractivity contribution in [2.75, 3.05) is 27.4 Å². The minimum absolute atomic E-state index is 0.128. The fourth-order valence-corrected chi connectivity index (χ4v) is 5.49. The van der Waals surface area contributed by atoms with Gasteiger partial charge in [-0.15, -0.1) is 0 Å². The van der Waals surface area contributed by atoms with Crippen LogP contribution in [-0.2, 0) is 19.1 Å². The van der Waals surface area contributed by atoms with E-state index in [2.05, 4.69) is 15.9 Å². The Hall–Kier alpha value is -3.20. The predicted molar refractivity (Wildman–Crippen MR) is 126 cm³/mol. The molecule has 1 aliphatic heterocycles. The Morgan fingerprint density at radius 2 is 1.88 bits per heavy atom. The van der Waals surface area contributed by atoms with Crippen molar-refractivity contribution in [1.29, 1.82) is 0 Å². The van der Waals surface area contributed by atoms with Gasteiger partial charge in [-0.05, 0) is 53.8 Å². The van der Waals surface area contributed by atoms with Crippen LogP contribution in [0.4, 0.5) is 0 Å². The van der Waals surface area contributed by atoms with E-state index >= 15 is 0 Å². The van der Waals surface area contributed by atoms with Gasteiger partial charge in [0, 0.05) is 15.3 Å². The Morgan fingerprint density at radius 1 is 1.21 bits per heavy atom. The minimum atomic E-state index is -1.89. The number of methoxy groups -OCH3 is 2. The first kappa shape index (κ1) is 23.9. The van der Waals surface area contributed by atoms with Crippen LogP contribution in [0.3, 0.4) is 0 Å². The number of ether oxygens (including phenoxy) is 3. The van der Waals surface area contributed by atoms with Crippen LogP contribution >= 0.6 is 15.9 Å². The summed E-state index contributed by atoms with van der Waals surface area (Å²) in [4.78, 5) is 39.2. The van der Waals surface area contributed by atoms with E-state index in [-0.39, 0.29) is 5.76 Å². The highest BCUT2D eigenvalue weighted by Gasteiger charge is 2.67. The van der Waals surface area contributed by atoms with Gasteiger partial charge in [0.1, 0.15) is 5.75 Å². The normalized spacial score (nSPS) is 22.6. The van der Waals surface area contributed by atoms with Gasteiger partial charge in [0.05, 0.1) is 26.7 Å². The summed E-state index contributed by atoms with van der Waals surface area (Å²) in [7, 11) is 2.74. The predicted octanol–water partition coefficient (Wildman–Crippen LogP) is 4.41. The summed E-state index contributed by atoms with van der Waals surface area (Å²) in [5.74, 6) is -2.50. The lowest BCUT2D eigenvalue weighted by molar-refractivity contribution is -0.485. The van der Waals surface area contributed by atoms with Crippen LogP contribution in [0, 0.1) is 15.5 Å². The van der Waals surface area contributed by atoms with E-state index in [1.807, 2.05) is 0 Å². The molecule has 0 saturated heterocycles. The number of benzene rings is 2. The third-order valence-electron chi connectivity index (χ3n) is 6.64. The van der Waals surface area contributed by atoms with E-state index in [0.29, 0.717) is 41.9 Å². The smallest absolute Gasteiger partial charge is 0.321 e. The van der Waals surface area contributed by atoms with Crippen LogP contribution in [0.5, 0.6) is 5.75 Å². The van der Waals surface area contributed by atoms with Crippen molar-refractivity contribution in [1.82, 2.24) is 0 Å². The minimum Gasteiger partial charge on any atom is -0.497 e. The molecule has 4 rings (SSSR count). The van der Waals surface area contributed by atoms with Crippen LogP contribution in [-0.4, -0.2) is 44.0 Å². The number of Topliss-reactive ketones (excluding diaryl/α,β-unsaturated/α-hetero) is 1. The molecular weight excluding hydrogens is 506 g/mol. The van der Waals surface area contributed by atoms with Gasteiger partial charge in [0.25, 0.3) is 0 Å². The summed E-state index contributed by atoms with van der Waals surface area (Å²) < 4.78 is 17.1. The molecule has 0 saturated carbocycles. The third-order valence-corrected chi connectivity index (χ3v) is 7.17. The van der Waals surface area contributed by atoms with Crippen molar-refractivity contribution >= 4 is 27.7 Å². The number of carbonyl (C=O) groups is 2. The number of nitrogens with zero attached hydrogens (tertiary/aromatic N) is 1. The van der Waals surface area contributed by atoms with Crippen LogP contribution in [0.25, 0.3) is 0 Å². The molecule has 9 heteroatoms. The van der Waals surface area contributed by atoms with E-state index in [4.69, 9.17) is 14.2 Å². The summed E-state index contributed by atoms with van der Waals surface area (Å²) in [6.45, 7) is -0.287. The molecular formula is C25H24BrNO7. The zero-order chi connectivity index (χ0) is 24.5. The molecule has 0 unspecified atom stereocenters. The Bertz CT molecular complexity index is 1140. The number of nitro groups is 1. The van der Waals surface area contributed by atoms with Gasteiger partial charge in [0.2, 0.25) is 12.3 Å². The van der Waals surface area contributed by atoms with Gasteiger partial charge >= 0.3 is 5.97 Å². The average molecular weight is 530 g/mol. The van der Waals surface area contributed by atoms with E-state index < -0.39 is 40.5 Å². The summed E-state index contributed by atoms with van der Waals surface area (Å²) >= 11 is 3.38. The molecule has 0 amide bonds. The summed E-state index contributed by atoms with van der Waals surface area (Å²) in [5, 5.41) is 11.9. The second kappa shape index (κ2) is 9.58. The van der Waals surface area contributed by atoms with E-state index in [9.17, 15) is 19.7 Å². The van der Waals surface area contributed by atoms with Crippen molar-refractivity contribution in [2.45, 2.75) is 24.7 Å². The first-order valence-corrected chi connectivity index (χ1v) is 11.6. The quantitative estimate of drug-likeness (QED) is 0.226. The lowest BCUT2D eigenvalue weighted by atomic mass is 9.61. The molecule has 0 spiro atoms. The molecule has 3 atom stereocenters. The Morgan fingerprint density at radius 3 is 2.47 bits per heavy atom. The molecule has 2 aromatic carbocycles. The van der Waals surface area contributed by atoms with E-state index in [1.54, 1.807) is 55.6 Å². The lowest BCUT2D eigenvalue weighted by Gasteiger charge is -2.38. The van der Waals surface area contributed by atoms with Crippen molar-refractivity contribution in [3.05, 3.63) is 85.6 Å². The molecule has 0 fully saturated rings. The average Bonchev–Trinajstić information content (AvgIpc) is 3.12. The monoisotopic (exact) mass is 529 g/mol. The highest BCUT2D eigenvalue weighted by Crippen LogP contribution is 2.60. The van der Waals surface area contributed by atoms with Gasteiger partial charge in [-0.1, -0.05) is 40.2 Å². The SMILES string of the molecule is COC(=O)[C@]1([C@@H](C[N+](=O)[O-])c2ccc(Br)cc2)C(=O)C2=C(CCCO2)[C@H]1c1ccc(OC)cc1. The molecule has 178 valence electrons. The number of carbonyl (C=O) groups excluding carboxylic acids is 2. The molecule has 0 radical (unpaired) electrons. The fraction of sp³-hybridized carbons (Fsp3) is 0.360. The van der Waals surface area contributed by atoms with Crippen LogP contribution in [0.15, 0.2) is 64.3 Å². The Kier molecular flexibility index (Phi) is 6.74. The fourth-order valence-electron chi connectivity index (χ4n) is 5.22. The number of hydrogen-bond donors (Lipinski definition) is 0. The second-order valence-corrected chi connectivity index (χ2v) is 9.24. The maximum Gasteiger partial charge on any atom is 0.321 e. The third kappa shape index (κ3) is 3.87. The first-order valence-electron chi connectivity index (χ1n) is 10.8. The highest BCUT2D eigenvalue weighted by atomic mass is 79.9. The van der Waals surface area contributed by atoms with Crippen molar-refractivity contribution in [3.63, 3.8) is 0 Å². The van der Waals surface area contributed by atoms with Crippen LogP contribution in [0.2, 0.25) is 0 Å². The van der Waals surface area contributed by atoms with E-state index in [0.717, 1.165) is 4.47 Å². The molecule has 2 aliphatic rings. The van der Waals surface area contributed by atoms with Gasteiger partial charge in [0.15, 0.2) is 11.2 Å². The number of esters is 1. The molecule has 0 N–H and O–H groups in total. The number of allylic oxidation sites excluding steroid dienone is 2. The number of hydrogen-bond acceptors (Lipinski definition) is 7.